The Morgan fingerprint density at radius 2 is 1.74 bits per heavy atom. The minimum Gasteiger partial charge on any atom is -0.272 e. The fourth-order valence-corrected chi connectivity index (χ4v) is 2.61. The molecule has 8 heteroatoms. The second-order valence-electron chi connectivity index (χ2n) is 4.48. The molecule has 0 spiro atoms. The normalized spacial score (nSPS) is 11.5. The van der Waals surface area contributed by atoms with Crippen LogP contribution in [0.5, 0.6) is 0 Å². The van der Waals surface area contributed by atoms with E-state index in [9.17, 15) is 17.6 Å². The molecule has 0 aliphatic carbocycles. The van der Waals surface area contributed by atoms with Crippen molar-refractivity contribution in [1.82, 2.24) is 10.1 Å². The second kappa shape index (κ2) is 7.61. The Morgan fingerprint density at radius 1 is 1.09 bits per heavy atom. The number of hydrazone groups is 1. The molecule has 23 heavy (non-hydrogen) atoms. The average molecular weight is 335 g/mol. The highest BCUT2D eigenvalue weighted by molar-refractivity contribution is 7.89. The summed E-state index contributed by atoms with van der Waals surface area (Å²) in [7, 11) is -3.74. The summed E-state index contributed by atoms with van der Waals surface area (Å²) in [6.07, 6.45) is 1.32. The average Bonchev–Trinajstić information content (AvgIpc) is 2.56. The third kappa shape index (κ3) is 5.28. The SMILES string of the molecule is O=C(CNS(=O)(=O)c1ccccc1)N/N=C/c1ccc(F)cc1. The van der Waals surface area contributed by atoms with Crippen molar-refractivity contribution in [2.24, 2.45) is 5.10 Å². The van der Waals surface area contributed by atoms with Crippen molar-refractivity contribution in [2.45, 2.75) is 4.90 Å². The van der Waals surface area contributed by atoms with Gasteiger partial charge in [-0.25, -0.2) is 23.0 Å². The van der Waals surface area contributed by atoms with Gasteiger partial charge >= 0.3 is 0 Å². The van der Waals surface area contributed by atoms with Gasteiger partial charge in [0.05, 0.1) is 17.7 Å². The zero-order valence-corrected chi connectivity index (χ0v) is 12.8. The van der Waals surface area contributed by atoms with E-state index < -0.39 is 22.5 Å². The summed E-state index contributed by atoms with van der Waals surface area (Å²) in [5, 5.41) is 3.66. The quantitative estimate of drug-likeness (QED) is 0.615. The third-order valence-electron chi connectivity index (χ3n) is 2.75. The van der Waals surface area contributed by atoms with E-state index in [0.29, 0.717) is 5.56 Å². The van der Waals surface area contributed by atoms with Crippen molar-refractivity contribution in [3.8, 4) is 0 Å². The van der Waals surface area contributed by atoms with Gasteiger partial charge in [0, 0.05) is 0 Å². The fourth-order valence-electron chi connectivity index (χ4n) is 1.61. The smallest absolute Gasteiger partial charge is 0.255 e. The topological polar surface area (TPSA) is 87.6 Å². The molecule has 2 N–H and O–H groups in total. The van der Waals surface area contributed by atoms with Crippen LogP contribution in [0.15, 0.2) is 64.6 Å². The van der Waals surface area contributed by atoms with Crippen molar-refractivity contribution < 1.29 is 17.6 Å². The molecular formula is C15H14FN3O3S. The number of carbonyl (C=O) groups excluding carboxylic acids is 1. The Balaban J connectivity index is 1.84. The highest BCUT2D eigenvalue weighted by Crippen LogP contribution is 2.06. The van der Waals surface area contributed by atoms with Gasteiger partial charge in [0.1, 0.15) is 5.82 Å². The summed E-state index contributed by atoms with van der Waals surface area (Å²) >= 11 is 0. The lowest BCUT2D eigenvalue weighted by Gasteiger charge is -2.05. The number of rotatable bonds is 6. The Labute approximate surface area is 133 Å². The number of sulfonamides is 1. The molecule has 0 saturated heterocycles. The predicted molar refractivity (Wildman–Crippen MR) is 83.8 cm³/mol. The lowest BCUT2D eigenvalue weighted by atomic mass is 10.2. The molecule has 0 saturated carbocycles. The molecule has 0 aliphatic rings. The van der Waals surface area contributed by atoms with Crippen LogP contribution in [0.3, 0.4) is 0 Å². The lowest BCUT2D eigenvalue weighted by Crippen LogP contribution is -2.34. The first-order chi connectivity index (χ1) is 11.0. The molecule has 0 bridgehead atoms. The van der Waals surface area contributed by atoms with Gasteiger partial charge in [0.25, 0.3) is 5.91 Å². The van der Waals surface area contributed by atoms with Crippen LogP contribution in [0.25, 0.3) is 0 Å². The van der Waals surface area contributed by atoms with Crippen LogP contribution in [-0.2, 0) is 14.8 Å². The van der Waals surface area contributed by atoms with Crippen molar-refractivity contribution in [1.29, 1.82) is 0 Å². The van der Waals surface area contributed by atoms with Crippen molar-refractivity contribution in [2.75, 3.05) is 6.54 Å². The maximum absolute atomic E-state index is 12.7. The van der Waals surface area contributed by atoms with Crippen molar-refractivity contribution in [3.63, 3.8) is 0 Å². The molecule has 1 amide bonds. The predicted octanol–water partition coefficient (Wildman–Crippen LogP) is 1.25. The van der Waals surface area contributed by atoms with Crippen molar-refractivity contribution >= 4 is 22.1 Å². The minimum atomic E-state index is -3.74. The number of carbonyl (C=O) groups is 1. The van der Waals surface area contributed by atoms with E-state index in [1.165, 1.54) is 42.6 Å². The number of halogens is 1. The number of amides is 1. The van der Waals surface area contributed by atoms with E-state index in [0.717, 1.165) is 0 Å². The summed E-state index contributed by atoms with van der Waals surface area (Å²) in [6, 6.07) is 13.2. The number of hydrogen-bond donors (Lipinski definition) is 2. The first kappa shape index (κ1) is 16.8. The number of nitrogens with one attached hydrogen (secondary N) is 2. The first-order valence-corrected chi connectivity index (χ1v) is 8.08. The summed E-state index contributed by atoms with van der Waals surface area (Å²) in [5.74, 6) is -0.996. The van der Waals surface area contributed by atoms with Gasteiger partial charge in [-0.3, -0.25) is 4.79 Å². The number of nitrogens with zero attached hydrogens (tertiary/aromatic N) is 1. The Hall–Kier alpha value is -2.58. The molecule has 0 unspecified atom stereocenters. The van der Waals surface area contributed by atoms with Crippen LogP contribution in [0.1, 0.15) is 5.56 Å². The molecule has 0 aromatic heterocycles. The van der Waals surface area contributed by atoms with E-state index in [2.05, 4.69) is 15.2 Å². The van der Waals surface area contributed by atoms with Crippen LogP contribution < -0.4 is 10.1 Å². The third-order valence-corrected chi connectivity index (χ3v) is 4.17. The summed E-state index contributed by atoms with van der Waals surface area (Å²) < 4.78 is 38.7. The molecule has 0 atom stereocenters. The lowest BCUT2D eigenvalue weighted by molar-refractivity contribution is -0.119. The fraction of sp³-hybridized carbons (Fsp3) is 0.0667. The molecule has 0 radical (unpaired) electrons. The molecule has 2 aromatic rings. The Bertz CT molecular complexity index is 790. The van der Waals surface area contributed by atoms with E-state index in [-0.39, 0.29) is 10.7 Å². The van der Waals surface area contributed by atoms with Gasteiger partial charge in [-0.2, -0.15) is 5.10 Å². The van der Waals surface area contributed by atoms with Crippen LogP contribution in [0.2, 0.25) is 0 Å². The number of benzene rings is 2. The Morgan fingerprint density at radius 3 is 2.39 bits per heavy atom. The van der Waals surface area contributed by atoms with Gasteiger partial charge in [-0.1, -0.05) is 30.3 Å². The summed E-state index contributed by atoms with van der Waals surface area (Å²) in [5.41, 5.74) is 2.77. The summed E-state index contributed by atoms with van der Waals surface area (Å²) in [6.45, 7) is -0.446. The van der Waals surface area contributed by atoms with Gasteiger partial charge in [-0.15, -0.1) is 0 Å². The maximum atomic E-state index is 12.7. The molecule has 6 nitrogen and oxygen atoms in total. The van der Waals surface area contributed by atoms with E-state index in [4.69, 9.17) is 0 Å². The first-order valence-electron chi connectivity index (χ1n) is 6.59. The standard InChI is InChI=1S/C15H14FN3O3S/c16-13-8-6-12(7-9-13)10-17-19-15(20)11-18-23(21,22)14-4-2-1-3-5-14/h1-10,18H,11H2,(H,19,20)/b17-10+. The molecule has 0 heterocycles. The van der Waals surface area contributed by atoms with Crippen LogP contribution >= 0.6 is 0 Å². The van der Waals surface area contributed by atoms with Crippen LogP contribution in [0.4, 0.5) is 4.39 Å². The highest BCUT2D eigenvalue weighted by Gasteiger charge is 2.14. The molecular weight excluding hydrogens is 321 g/mol. The molecule has 2 rings (SSSR count). The molecule has 2 aromatic carbocycles. The van der Waals surface area contributed by atoms with Gasteiger partial charge in [0.15, 0.2) is 0 Å². The monoisotopic (exact) mass is 335 g/mol. The van der Waals surface area contributed by atoms with Gasteiger partial charge < -0.3 is 0 Å². The zero-order chi connectivity index (χ0) is 16.7. The van der Waals surface area contributed by atoms with Crippen molar-refractivity contribution in [3.05, 3.63) is 66.0 Å². The molecule has 0 aliphatic heterocycles. The highest BCUT2D eigenvalue weighted by atomic mass is 32.2. The van der Waals surface area contributed by atoms with E-state index >= 15 is 0 Å². The van der Waals surface area contributed by atoms with Crippen LogP contribution in [-0.4, -0.2) is 27.1 Å². The van der Waals surface area contributed by atoms with Gasteiger partial charge in [0.2, 0.25) is 10.0 Å². The van der Waals surface area contributed by atoms with Crippen LogP contribution in [0, 0.1) is 5.82 Å². The number of hydrogen-bond acceptors (Lipinski definition) is 4. The maximum Gasteiger partial charge on any atom is 0.255 e. The Kier molecular flexibility index (Phi) is 5.56. The largest absolute Gasteiger partial charge is 0.272 e. The second-order valence-corrected chi connectivity index (χ2v) is 6.25. The zero-order valence-electron chi connectivity index (χ0n) is 11.9. The summed E-state index contributed by atoms with van der Waals surface area (Å²) in [4.78, 5) is 11.6. The van der Waals surface area contributed by atoms with Gasteiger partial charge in [-0.05, 0) is 29.8 Å². The molecule has 0 fully saturated rings. The minimum absolute atomic E-state index is 0.0719. The van der Waals surface area contributed by atoms with E-state index in [1.807, 2.05) is 0 Å². The van der Waals surface area contributed by atoms with E-state index in [1.54, 1.807) is 18.2 Å². The molecule has 120 valence electrons.